The van der Waals surface area contributed by atoms with Crippen LogP contribution >= 0.6 is 0 Å². The molecule has 22 heavy (non-hydrogen) atoms. The molecule has 6 nitrogen and oxygen atoms in total. The van der Waals surface area contributed by atoms with Crippen LogP contribution in [0.3, 0.4) is 0 Å². The predicted octanol–water partition coefficient (Wildman–Crippen LogP) is 2.26. The molecule has 116 valence electrons. The van der Waals surface area contributed by atoms with E-state index in [1.165, 1.54) is 0 Å². The van der Waals surface area contributed by atoms with Gasteiger partial charge in [-0.05, 0) is 38.3 Å². The summed E-state index contributed by atoms with van der Waals surface area (Å²) in [6, 6.07) is 3.99. The molecule has 1 unspecified atom stereocenters. The minimum absolute atomic E-state index is 0.0555. The molecule has 1 amide bonds. The second kappa shape index (κ2) is 5.87. The zero-order chi connectivity index (χ0) is 15.7. The molecule has 0 saturated carbocycles. The summed E-state index contributed by atoms with van der Waals surface area (Å²) in [5.74, 6) is 0.839. The maximum atomic E-state index is 11.9. The van der Waals surface area contributed by atoms with Crippen LogP contribution in [0.4, 0.5) is 0 Å². The van der Waals surface area contributed by atoms with Crippen molar-refractivity contribution in [1.29, 1.82) is 0 Å². The smallest absolute Gasteiger partial charge is 0.220 e. The van der Waals surface area contributed by atoms with Crippen LogP contribution in [0.1, 0.15) is 43.7 Å². The molecule has 6 heteroatoms. The number of carbonyl (C=O) groups is 1. The molecule has 1 aliphatic heterocycles. The van der Waals surface area contributed by atoms with E-state index in [0.717, 1.165) is 48.7 Å². The van der Waals surface area contributed by atoms with Crippen LogP contribution in [0.5, 0.6) is 0 Å². The first kappa shape index (κ1) is 14.7. The van der Waals surface area contributed by atoms with Crippen LogP contribution in [-0.4, -0.2) is 37.1 Å². The Morgan fingerprint density at radius 1 is 1.32 bits per heavy atom. The minimum Gasteiger partial charge on any atom is -0.334 e. The van der Waals surface area contributed by atoms with Crippen molar-refractivity contribution < 1.29 is 4.79 Å². The molecule has 1 atom stereocenters. The highest BCUT2D eigenvalue weighted by Crippen LogP contribution is 2.31. The fourth-order valence-corrected chi connectivity index (χ4v) is 3.13. The number of likely N-dealkylation sites (tertiary alicyclic amines) is 1. The topological polar surface area (TPSA) is 63.9 Å². The molecule has 3 rings (SSSR count). The minimum atomic E-state index is 0.0555. The Morgan fingerprint density at radius 3 is 2.82 bits per heavy atom. The third-order valence-corrected chi connectivity index (χ3v) is 4.19. The fourth-order valence-electron chi connectivity index (χ4n) is 3.13. The number of piperidine rings is 1. The first-order valence-corrected chi connectivity index (χ1v) is 7.67. The van der Waals surface area contributed by atoms with Gasteiger partial charge in [-0.25, -0.2) is 9.97 Å². The van der Waals surface area contributed by atoms with Crippen LogP contribution < -0.4 is 0 Å². The third-order valence-electron chi connectivity index (χ3n) is 4.19. The Balaban J connectivity index is 2.02. The lowest BCUT2D eigenvalue weighted by Gasteiger charge is -2.34. The number of nitrogens with zero attached hydrogens (tertiary/aromatic N) is 5. The second-order valence-corrected chi connectivity index (χ2v) is 5.79. The summed E-state index contributed by atoms with van der Waals surface area (Å²) in [6.07, 6.45) is 4.91. The van der Waals surface area contributed by atoms with Crippen LogP contribution in [0.2, 0.25) is 0 Å². The summed E-state index contributed by atoms with van der Waals surface area (Å²) in [4.78, 5) is 23.0. The van der Waals surface area contributed by atoms with Crippen molar-refractivity contribution in [1.82, 2.24) is 24.6 Å². The molecule has 3 heterocycles. The fraction of sp³-hybridized carbons (Fsp3) is 0.500. The average molecular weight is 299 g/mol. The number of aryl methyl sites for hydroxylation is 2. The van der Waals surface area contributed by atoms with Crippen molar-refractivity contribution in [3.63, 3.8) is 0 Å². The highest BCUT2D eigenvalue weighted by molar-refractivity contribution is 5.74. The Morgan fingerprint density at radius 2 is 2.14 bits per heavy atom. The standard InChI is InChI=1S/C16H21N5O/c1-11-18-13(15-7-8-17-20(15)3)10-14(19-11)16-6-4-5-9-21(16)12(2)22/h7-8,10,16H,4-6,9H2,1-3H3. The molecule has 1 fully saturated rings. The predicted molar refractivity (Wildman–Crippen MR) is 83.0 cm³/mol. The van der Waals surface area contributed by atoms with Crippen LogP contribution in [0.25, 0.3) is 11.4 Å². The summed E-state index contributed by atoms with van der Waals surface area (Å²) < 4.78 is 1.80. The molecule has 0 aliphatic carbocycles. The second-order valence-electron chi connectivity index (χ2n) is 5.79. The SMILES string of the molecule is CC(=O)N1CCCCC1c1cc(-c2ccnn2C)nc(C)n1. The lowest BCUT2D eigenvalue weighted by Crippen LogP contribution is -2.37. The highest BCUT2D eigenvalue weighted by Gasteiger charge is 2.27. The molecule has 0 N–H and O–H groups in total. The van der Waals surface area contributed by atoms with Crippen LogP contribution in [-0.2, 0) is 11.8 Å². The van der Waals surface area contributed by atoms with E-state index in [4.69, 9.17) is 0 Å². The van der Waals surface area contributed by atoms with Gasteiger partial charge in [-0.3, -0.25) is 9.48 Å². The van der Waals surface area contributed by atoms with E-state index in [1.807, 2.05) is 31.0 Å². The lowest BCUT2D eigenvalue weighted by atomic mass is 9.98. The van der Waals surface area contributed by atoms with E-state index < -0.39 is 0 Å². The van der Waals surface area contributed by atoms with Gasteiger partial charge in [0, 0.05) is 26.7 Å². The number of amides is 1. The molecule has 0 aromatic carbocycles. The quantitative estimate of drug-likeness (QED) is 0.853. The summed E-state index contributed by atoms with van der Waals surface area (Å²) in [6.45, 7) is 4.34. The molecule has 2 aromatic rings. The Kier molecular flexibility index (Phi) is 3.92. The van der Waals surface area contributed by atoms with Gasteiger partial charge >= 0.3 is 0 Å². The Labute approximate surface area is 130 Å². The first-order chi connectivity index (χ1) is 10.6. The Hall–Kier alpha value is -2.24. The molecule has 1 aliphatic rings. The first-order valence-electron chi connectivity index (χ1n) is 7.67. The van der Waals surface area contributed by atoms with Gasteiger partial charge < -0.3 is 4.90 Å². The van der Waals surface area contributed by atoms with Crippen molar-refractivity contribution in [3.8, 4) is 11.4 Å². The van der Waals surface area contributed by atoms with Gasteiger partial charge in [-0.15, -0.1) is 0 Å². The van der Waals surface area contributed by atoms with Gasteiger partial charge in [0.05, 0.1) is 23.1 Å². The normalized spacial score (nSPS) is 18.5. The van der Waals surface area contributed by atoms with Gasteiger partial charge in [-0.1, -0.05) is 0 Å². The number of hydrogen-bond acceptors (Lipinski definition) is 4. The van der Waals surface area contributed by atoms with E-state index in [-0.39, 0.29) is 11.9 Å². The van der Waals surface area contributed by atoms with Gasteiger partial charge in [0.15, 0.2) is 0 Å². The van der Waals surface area contributed by atoms with Crippen molar-refractivity contribution in [3.05, 3.63) is 29.8 Å². The monoisotopic (exact) mass is 299 g/mol. The maximum absolute atomic E-state index is 11.9. The molecular formula is C16H21N5O. The largest absolute Gasteiger partial charge is 0.334 e. The van der Waals surface area contributed by atoms with E-state index in [1.54, 1.807) is 17.8 Å². The molecular weight excluding hydrogens is 278 g/mol. The number of carbonyl (C=O) groups excluding carboxylic acids is 1. The number of rotatable bonds is 2. The van der Waals surface area contributed by atoms with Crippen molar-refractivity contribution in [2.45, 2.75) is 39.2 Å². The maximum Gasteiger partial charge on any atom is 0.220 e. The van der Waals surface area contributed by atoms with E-state index in [0.29, 0.717) is 0 Å². The average Bonchev–Trinajstić information content (AvgIpc) is 2.92. The van der Waals surface area contributed by atoms with Crippen molar-refractivity contribution in [2.75, 3.05) is 6.54 Å². The molecule has 2 aromatic heterocycles. The third kappa shape index (κ3) is 2.73. The summed E-state index contributed by atoms with van der Waals surface area (Å²) in [5.41, 5.74) is 2.74. The lowest BCUT2D eigenvalue weighted by molar-refractivity contribution is -0.132. The summed E-state index contributed by atoms with van der Waals surface area (Å²) >= 11 is 0. The van der Waals surface area contributed by atoms with Crippen LogP contribution in [0, 0.1) is 6.92 Å². The highest BCUT2D eigenvalue weighted by atomic mass is 16.2. The van der Waals surface area contributed by atoms with Gasteiger partial charge in [0.1, 0.15) is 5.82 Å². The summed E-state index contributed by atoms with van der Waals surface area (Å²) in [5, 5.41) is 4.20. The zero-order valence-electron chi connectivity index (χ0n) is 13.3. The zero-order valence-corrected chi connectivity index (χ0v) is 13.3. The van der Waals surface area contributed by atoms with E-state index in [2.05, 4.69) is 15.1 Å². The number of hydrogen-bond donors (Lipinski definition) is 0. The van der Waals surface area contributed by atoms with E-state index >= 15 is 0 Å². The number of aromatic nitrogens is 4. The van der Waals surface area contributed by atoms with Gasteiger partial charge in [0.25, 0.3) is 0 Å². The summed E-state index contributed by atoms with van der Waals surface area (Å²) in [7, 11) is 1.90. The molecule has 1 saturated heterocycles. The van der Waals surface area contributed by atoms with Gasteiger partial charge in [-0.2, -0.15) is 5.10 Å². The van der Waals surface area contributed by atoms with Crippen molar-refractivity contribution >= 4 is 5.91 Å². The van der Waals surface area contributed by atoms with Crippen molar-refractivity contribution in [2.24, 2.45) is 7.05 Å². The molecule has 0 radical (unpaired) electrons. The Bertz CT molecular complexity index is 694. The van der Waals surface area contributed by atoms with E-state index in [9.17, 15) is 4.79 Å². The van der Waals surface area contributed by atoms with Gasteiger partial charge in [0.2, 0.25) is 5.91 Å². The molecule has 0 spiro atoms. The van der Waals surface area contributed by atoms with Crippen LogP contribution in [0.15, 0.2) is 18.3 Å². The molecule has 0 bridgehead atoms.